The normalized spacial score (nSPS) is 32.5. The minimum Gasteiger partial charge on any atom is -0.301 e. The highest BCUT2D eigenvalue weighted by Gasteiger charge is 2.38. The second kappa shape index (κ2) is 2.96. The second-order valence-corrected chi connectivity index (χ2v) is 3.91. The summed E-state index contributed by atoms with van der Waals surface area (Å²) in [5.74, 6) is 0. The second-order valence-electron chi connectivity index (χ2n) is 3.91. The van der Waals surface area contributed by atoms with E-state index in [1.165, 1.54) is 19.3 Å². The maximum atomic E-state index is 10.5. The Kier molecular flexibility index (Phi) is 1.95. The van der Waals surface area contributed by atoms with Gasteiger partial charge in [0.25, 0.3) is 0 Å². The Labute approximate surface area is 72.3 Å². The van der Waals surface area contributed by atoms with Gasteiger partial charge in [0.1, 0.15) is 12.3 Å². The zero-order valence-electron chi connectivity index (χ0n) is 7.20. The monoisotopic (exact) mass is 166 g/mol. The number of hydrogen-bond acceptors (Lipinski definition) is 3. The molecule has 3 heteroatoms. The summed E-state index contributed by atoms with van der Waals surface area (Å²) in [6.45, 7) is 0. The number of carbonyl (C=O) groups excluding carboxylic acids is 1. The molecule has 0 aromatic carbocycles. The topological polar surface area (TPSA) is 41.8 Å². The Morgan fingerprint density at radius 3 is 2.58 bits per heavy atom. The van der Waals surface area contributed by atoms with Gasteiger partial charge in [-0.15, -0.1) is 0 Å². The molecule has 66 valence electrons. The lowest BCUT2D eigenvalue weighted by atomic mass is 9.79. The van der Waals surface area contributed by atoms with E-state index in [0.29, 0.717) is 0 Å². The van der Waals surface area contributed by atoms with E-state index in [9.17, 15) is 4.79 Å². The first-order valence-electron chi connectivity index (χ1n) is 4.72. The Bertz CT molecular complexity index is 207. The summed E-state index contributed by atoms with van der Waals surface area (Å²) in [6.07, 6.45) is 7.91. The number of rotatable bonds is 1. The number of carbonyl (C=O) groups is 1. The van der Waals surface area contributed by atoms with Crippen LogP contribution >= 0.6 is 0 Å². The predicted molar refractivity (Wildman–Crippen MR) is 45.1 cm³/mol. The fraction of sp³-hybridized carbons (Fsp3) is 0.889. The van der Waals surface area contributed by atoms with Gasteiger partial charge in [-0.2, -0.15) is 10.2 Å². The predicted octanol–water partition coefficient (Wildman–Crippen LogP) is 2.11. The summed E-state index contributed by atoms with van der Waals surface area (Å²) >= 11 is 0. The molecule has 1 aliphatic carbocycles. The first kappa shape index (κ1) is 7.90. The summed E-state index contributed by atoms with van der Waals surface area (Å²) in [5.41, 5.74) is 0.0732. The number of nitrogens with zero attached hydrogens (tertiary/aromatic N) is 2. The standard InChI is InChI=1S/C9H14N2O/c12-7-8-6-9(11-10-8)4-2-1-3-5-9/h7-8H,1-6H2. The van der Waals surface area contributed by atoms with Crippen LogP contribution in [0.5, 0.6) is 0 Å². The molecule has 1 aliphatic heterocycles. The molecule has 0 aromatic rings. The fourth-order valence-corrected chi connectivity index (χ4v) is 2.26. The molecule has 0 aromatic heterocycles. The Morgan fingerprint density at radius 1 is 1.25 bits per heavy atom. The third-order valence-corrected chi connectivity index (χ3v) is 2.95. The van der Waals surface area contributed by atoms with Gasteiger partial charge in [0, 0.05) is 6.42 Å². The summed E-state index contributed by atoms with van der Waals surface area (Å²) < 4.78 is 0. The first-order chi connectivity index (χ1) is 5.85. The third kappa shape index (κ3) is 1.28. The lowest BCUT2D eigenvalue weighted by Gasteiger charge is -2.28. The minimum atomic E-state index is -0.136. The third-order valence-electron chi connectivity index (χ3n) is 2.95. The van der Waals surface area contributed by atoms with Gasteiger partial charge in [0.05, 0.1) is 5.54 Å². The summed E-state index contributed by atoms with van der Waals surface area (Å²) in [6, 6.07) is -0.136. The van der Waals surface area contributed by atoms with Crippen molar-refractivity contribution in [3.05, 3.63) is 0 Å². The molecule has 0 amide bonds. The molecule has 0 bridgehead atoms. The van der Waals surface area contributed by atoms with Crippen molar-refractivity contribution in [3.8, 4) is 0 Å². The van der Waals surface area contributed by atoms with Gasteiger partial charge in [-0.1, -0.05) is 19.3 Å². The molecular weight excluding hydrogens is 152 g/mol. The van der Waals surface area contributed by atoms with Crippen molar-refractivity contribution in [3.63, 3.8) is 0 Å². The lowest BCUT2D eigenvalue weighted by Crippen LogP contribution is -2.28. The van der Waals surface area contributed by atoms with Crippen LogP contribution in [0.15, 0.2) is 10.2 Å². The van der Waals surface area contributed by atoms with Crippen LogP contribution in [0.2, 0.25) is 0 Å². The zero-order valence-corrected chi connectivity index (χ0v) is 7.20. The molecule has 1 atom stereocenters. The van der Waals surface area contributed by atoms with Gasteiger partial charge in [0.15, 0.2) is 0 Å². The van der Waals surface area contributed by atoms with E-state index in [4.69, 9.17) is 0 Å². The van der Waals surface area contributed by atoms with E-state index in [0.717, 1.165) is 25.5 Å². The van der Waals surface area contributed by atoms with E-state index in [-0.39, 0.29) is 11.6 Å². The minimum absolute atomic E-state index is 0.0732. The van der Waals surface area contributed by atoms with Crippen LogP contribution in [0.1, 0.15) is 38.5 Å². The quantitative estimate of drug-likeness (QED) is 0.550. The van der Waals surface area contributed by atoms with E-state index in [1.54, 1.807) is 0 Å². The molecular formula is C9H14N2O. The number of aldehydes is 1. The largest absolute Gasteiger partial charge is 0.301 e. The van der Waals surface area contributed by atoms with Gasteiger partial charge in [-0.3, -0.25) is 0 Å². The molecule has 0 saturated heterocycles. The maximum absolute atomic E-state index is 10.5. The molecule has 1 saturated carbocycles. The van der Waals surface area contributed by atoms with E-state index in [1.807, 2.05) is 0 Å². The summed E-state index contributed by atoms with van der Waals surface area (Å²) in [7, 11) is 0. The highest BCUT2D eigenvalue weighted by Crippen LogP contribution is 2.39. The fourth-order valence-electron chi connectivity index (χ4n) is 2.26. The van der Waals surface area contributed by atoms with Crippen LogP contribution in [0.3, 0.4) is 0 Å². The molecule has 1 heterocycles. The maximum Gasteiger partial charge on any atom is 0.146 e. The van der Waals surface area contributed by atoms with Crippen LogP contribution in [0.4, 0.5) is 0 Å². The number of azo groups is 1. The molecule has 12 heavy (non-hydrogen) atoms. The van der Waals surface area contributed by atoms with E-state index >= 15 is 0 Å². The van der Waals surface area contributed by atoms with Crippen LogP contribution in [-0.2, 0) is 4.79 Å². The van der Waals surface area contributed by atoms with Crippen molar-refractivity contribution in [2.24, 2.45) is 10.2 Å². The zero-order chi connectivity index (χ0) is 8.44. The molecule has 1 spiro atoms. The van der Waals surface area contributed by atoms with Crippen LogP contribution in [0, 0.1) is 0 Å². The van der Waals surface area contributed by atoms with Crippen LogP contribution < -0.4 is 0 Å². The molecule has 1 unspecified atom stereocenters. The Hall–Kier alpha value is -0.730. The number of hydrogen-bond donors (Lipinski definition) is 0. The van der Waals surface area contributed by atoms with Crippen molar-refractivity contribution in [2.45, 2.75) is 50.1 Å². The van der Waals surface area contributed by atoms with Crippen molar-refractivity contribution in [2.75, 3.05) is 0 Å². The van der Waals surface area contributed by atoms with Crippen molar-refractivity contribution in [1.29, 1.82) is 0 Å². The van der Waals surface area contributed by atoms with Gasteiger partial charge in [0.2, 0.25) is 0 Å². The van der Waals surface area contributed by atoms with Crippen LogP contribution in [0.25, 0.3) is 0 Å². The molecule has 0 radical (unpaired) electrons. The Balaban J connectivity index is 2.04. The van der Waals surface area contributed by atoms with Crippen molar-refractivity contribution >= 4 is 6.29 Å². The highest BCUT2D eigenvalue weighted by molar-refractivity contribution is 5.58. The molecule has 0 N–H and O–H groups in total. The highest BCUT2D eigenvalue weighted by atomic mass is 16.1. The van der Waals surface area contributed by atoms with Crippen LogP contribution in [-0.4, -0.2) is 17.9 Å². The molecule has 2 aliphatic rings. The molecule has 2 rings (SSSR count). The van der Waals surface area contributed by atoms with Crippen molar-refractivity contribution in [1.82, 2.24) is 0 Å². The first-order valence-corrected chi connectivity index (χ1v) is 4.72. The smallest absolute Gasteiger partial charge is 0.146 e. The van der Waals surface area contributed by atoms with E-state index in [2.05, 4.69) is 10.2 Å². The van der Waals surface area contributed by atoms with Crippen molar-refractivity contribution < 1.29 is 4.79 Å². The molecule has 1 fully saturated rings. The average molecular weight is 166 g/mol. The Morgan fingerprint density at radius 2 is 2.00 bits per heavy atom. The lowest BCUT2D eigenvalue weighted by molar-refractivity contribution is -0.108. The summed E-state index contributed by atoms with van der Waals surface area (Å²) in [5, 5.41) is 8.26. The molecule has 3 nitrogen and oxygen atoms in total. The van der Waals surface area contributed by atoms with Gasteiger partial charge in [-0.05, 0) is 12.8 Å². The van der Waals surface area contributed by atoms with Gasteiger partial charge >= 0.3 is 0 Å². The SMILES string of the molecule is O=CC1CC2(CCCCC2)N=N1. The van der Waals surface area contributed by atoms with E-state index < -0.39 is 0 Å². The summed E-state index contributed by atoms with van der Waals surface area (Å²) in [4.78, 5) is 10.5. The van der Waals surface area contributed by atoms with Gasteiger partial charge in [-0.25, -0.2) is 0 Å². The average Bonchev–Trinajstić information content (AvgIpc) is 2.50. The van der Waals surface area contributed by atoms with Gasteiger partial charge < -0.3 is 4.79 Å².